The Morgan fingerprint density at radius 1 is 1.07 bits per heavy atom. The van der Waals surface area contributed by atoms with Crippen LogP contribution < -0.4 is 10.2 Å². The molecule has 2 amide bonds. The van der Waals surface area contributed by atoms with E-state index < -0.39 is 0 Å². The van der Waals surface area contributed by atoms with Crippen molar-refractivity contribution in [2.75, 3.05) is 36.4 Å². The van der Waals surface area contributed by atoms with Crippen molar-refractivity contribution in [3.63, 3.8) is 0 Å². The number of rotatable bonds is 5. The van der Waals surface area contributed by atoms with Gasteiger partial charge >= 0.3 is 0 Å². The molecule has 2 aromatic rings. The summed E-state index contributed by atoms with van der Waals surface area (Å²) in [5, 5.41) is 3.51. The molecular formula is C23H28ClN3O2. The molecule has 6 heteroatoms. The first-order valence-electron chi connectivity index (χ1n) is 10.0. The Morgan fingerprint density at radius 3 is 2.38 bits per heavy atom. The van der Waals surface area contributed by atoms with Crippen LogP contribution >= 0.6 is 11.6 Å². The SMILES string of the molecule is Cc1ccccc1C(=O)Nc1ccc(N2CCN(C(=O)CC(C)C)CC2)c(Cl)c1. The molecule has 2 aromatic carbocycles. The van der Waals surface area contributed by atoms with Gasteiger partial charge in [0.2, 0.25) is 5.91 Å². The van der Waals surface area contributed by atoms with E-state index in [1.54, 1.807) is 12.1 Å². The van der Waals surface area contributed by atoms with Crippen molar-refractivity contribution in [2.45, 2.75) is 27.2 Å². The van der Waals surface area contributed by atoms with Crippen LogP contribution in [0.15, 0.2) is 42.5 Å². The van der Waals surface area contributed by atoms with Crippen LogP contribution in [0.3, 0.4) is 0 Å². The summed E-state index contributed by atoms with van der Waals surface area (Å²) >= 11 is 6.52. The Bertz CT molecular complexity index is 889. The van der Waals surface area contributed by atoms with E-state index in [1.165, 1.54) is 0 Å². The average Bonchev–Trinajstić information content (AvgIpc) is 2.68. The molecule has 1 aliphatic rings. The first-order valence-corrected chi connectivity index (χ1v) is 10.4. The fourth-order valence-corrected chi connectivity index (χ4v) is 3.84. The van der Waals surface area contributed by atoms with Crippen molar-refractivity contribution in [3.05, 3.63) is 58.6 Å². The normalized spacial score (nSPS) is 14.2. The van der Waals surface area contributed by atoms with E-state index in [0.717, 1.165) is 24.3 Å². The lowest BCUT2D eigenvalue weighted by Crippen LogP contribution is -2.49. The highest BCUT2D eigenvalue weighted by atomic mass is 35.5. The molecule has 1 heterocycles. The summed E-state index contributed by atoms with van der Waals surface area (Å²) < 4.78 is 0. The Kier molecular flexibility index (Phi) is 6.80. The number of benzene rings is 2. The highest BCUT2D eigenvalue weighted by molar-refractivity contribution is 6.33. The number of hydrogen-bond acceptors (Lipinski definition) is 3. The molecule has 29 heavy (non-hydrogen) atoms. The predicted octanol–water partition coefficient (Wildman–Crippen LogP) is 4.60. The molecule has 1 fully saturated rings. The lowest BCUT2D eigenvalue weighted by Gasteiger charge is -2.36. The number of piperazine rings is 1. The van der Waals surface area contributed by atoms with E-state index in [1.807, 2.05) is 42.2 Å². The molecule has 0 atom stereocenters. The number of nitrogens with zero attached hydrogens (tertiary/aromatic N) is 2. The van der Waals surface area contributed by atoms with Gasteiger partial charge < -0.3 is 15.1 Å². The van der Waals surface area contributed by atoms with Gasteiger partial charge in [0.15, 0.2) is 0 Å². The number of carbonyl (C=O) groups is 2. The van der Waals surface area contributed by atoms with E-state index in [0.29, 0.717) is 41.7 Å². The molecule has 0 aliphatic carbocycles. The van der Waals surface area contributed by atoms with Gasteiger partial charge in [0, 0.05) is 43.9 Å². The third-order valence-corrected chi connectivity index (χ3v) is 5.45. The van der Waals surface area contributed by atoms with Gasteiger partial charge in [0.05, 0.1) is 10.7 Å². The summed E-state index contributed by atoms with van der Waals surface area (Å²) in [7, 11) is 0. The van der Waals surface area contributed by atoms with Gasteiger partial charge in [-0.1, -0.05) is 43.6 Å². The Morgan fingerprint density at radius 2 is 1.76 bits per heavy atom. The number of halogens is 1. The zero-order valence-electron chi connectivity index (χ0n) is 17.2. The van der Waals surface area contributed by atoms with Gasteiger partial charge in [-0.2, -0.15) is 0 Å². The van der Waals surface area contributed by atoms with Crippen LogP contribution in [0.2, 0.25) is 5.02 Å². The molecule has 3 rings (SSSR count). The van der Waals surface area contributed by atoms with Crippen molar-refractivity contribution in [3.8, 4) is 0 Å². The minimum Gasteiger partial charge on any atom is -0.367 e. The highest BCUT2D eigenvalue weighted by Gasteiger charge is 2.23. The number of hydrogen-bond donors (Lipinski definition) is 1. The Labute approximate surface area is 177 Å². The van der Waals surface area contributed by atoms with Gasteiger partial charge in [0.1, 0.15) is 0 Å². The fraction of sp³-hybridized carbons (Fsp3) is 0.391. The molecule has 1 N–H and O–H groups in total. The molecule has 1 aliphatic heterocycles. The first-order chi connectivity index (χ1) is 13.8. The molecule has 0 radical (unpaired) electrons. The summed E-state index contributed by atoms with van der Waals surface area (Å²) in [5.41, 5.74) is 3.17. The van der Waals surface area contributed by atoms with Crippen LogP contribution in [-0.2, 0) is 4.79 Å². The Hall–Kier alpha value is -2.53. The maximum Gasteiger partial charge on any atom is 0.255 e. The fourth-order valence-electron chi connectivity index (χ4n) is 3.54. The van der Waals surface area contributed by atoms with Gasteiger partial charge in [-0.15, -0.1) is 0 Å². The second-order valence-corrected chi connectivity index (χ2v) is 8.31. The van der Waals surface area contributed by atoms with E-state index in [2.05, 4.69) is 24.1 Å². The van der Waals surface area contributed by atoms with Crippen molar-refractivity contribution in [2.24, 2.45) is 5.92 Å². The largest absolute Gasteiger partial charge is 0.367 e. The first kappa shape index (κ1) is 21.2. The van der Waals surface area contributed by atoms with Crippen LogP contribution in [0.1, 0.15) is 36.2 Å². The number of nitrogens with one attached hydrogen (secondary N) is 1. The third kappa shape index (κ3) is 5.30. The van der Waals surface area contributed by atoms with Crippen LogP contribution in [-0.4, -0.2) is 42.9 Å². The van der Waals surface area contributed by atoms with Crippen molar-refractivity contribution < 1.29 is 9.59 Å². The molecule has 0 aromatic heterocycles. The third-order valence-electron chi connectivity index (χ3n) is 5.15. The maximum absolute atomic E-state index is 12.5. The molecule has 0 bridgehead atoms. The van der Waals surface area contributed by atoms with Gasteiger partial charge in [-0.3, -0.25) is 9.59 Å². The van der Waals surface area contributed by atoms with Crippen LogP contribution in [0.4, 0.5) is 11.4 Å². The highest BCUT2D eigenvalue weighted by Crippen LogP contribution is 2.30. The zero-order chi connectivity index (χ0) is 21.0. The van der Waals surface area contributed by atoms with Gasteiger partial charge in [-0.25, -0.2) is 0 Å². The average molecular weight is 414 g/mol. The number of anilines is 2. The second kappa shape index (κ2) is 9.31. The van der Waals surface area contributed by atoms with Crippen LogP contribution in [0.25, 0.3) is 0 Å². The summed E-state index contributed by atoms with van der Waals surface area (Å²) in [6.45, 7) is 8.94. The predicted molar refractivity (Wildman–Crippen MR) is 119 cm³/mol. The monoisotopic (exact) mass is 413 g/mol. The van der Waals surface area contributed by atoms with E-state index in [9.17, 15) is 9.59 Å². The molecule has 5 nitrogen and oxygen atoms in total. The van der Waals surface area contributed by atoms with E-state index in [4.69, 9.17) is 11.6 Å². The molecular weight excluding hydrogens is 386 g/mol. The quantitative estimate of drug-likeness (QED) is 0.779. The van der Waals surface area contributed by atoms with Crippen molar-refractivity contribution in [1.29, 1.82) is 0 Å². The van der Waals surface area contributed by atoms with E-state index >= 15 is 0 Å². The second-order valence-electron chi connectivity index (χ2n) is 7.90. The minimum absolute atomic E-state index is 0.149. The van der Waals surface area contributed by atoms with Crippen LogP contribution in [0, 0.1) is 12.8 Å². The lowest BCUT2D eigenvalue weighted by atomic mass is 10.1. The molecule has 0 saturated carbocycles. The number of aryl methyl sites for hydroxylation is 1. The summed E-state index contributed by atoms with van der Waals surface area (Å²) in [4.78, 5) is 28.9. The van der Waals surface area contributed by atoms with Gasteiger partial charge in [-0.05, 0) is 42.7 Å². The molecule has 1 saturated heterocycles. The smallest absolute Gasteiger partial charge is 0.255 e. The van der Waals surface area contributed by atoms with Crippen molar-refractivity contribution >= 4 is 34.8 Å². The van der Waals surface area contributed by atoms with Crippen LogP contribution in [0.5, 0.6) is 0 Å². The number of amides is 2. The van der Waals surface area contributed by atoms with E-state index in [-0.39, 0.29) is 11.8 Å². The maximum atomic E-state index is 12.5. The zero-order valence-corrected chi connectivity index (χ0v) is 18.0. The lowest BCUT2D eigenvalue weighted by molar-refractivity contribution is -0.132. The minimum atomic E-state index is -0.149. The summed E-state index contributed by atoms with van der Waals surface area (Å²) in [6, 6.07) is 13.1. The summed E-state index contributed by atoms with van der Waals surface area (Å²) in [5.74, 6) is 0.446. The molecule has 154 valence electrons. The standard InChI is InChI=1S/C23H28ClN3O2/c1-16(2)14-22(28)27-12-10-26(11-13-27)21-9-8-18(15-20(21)24)25-23(29)19-7-5-4-6-17(19)3/h4-9,15-16H,10-14H2,1-3H3,(H,25,29). The van der Waals surface area contributed by atoms with Gasteiger partial charge in [0.25, 0.3) is 5.91 Å². The Balaban J connectivity index is 1.62. The summed E-state index contributed by atoms with van der Waals surface area (Å²) in [6.07, 6.45) is 0.593. The topological polar surface area (TPSA) is 52.7 Å². The molecule has 0 unspecified atom stereocenters. The van der Waals surface area contributed by atoms with Crippen molar-refractivity contribution in [1.82, 2.24) is 4.90 Å². The molecule has 0 spiro atoms. The number of carbonyl (C=O) groups excluding carboxylic acids is 2.